The molecule has 1 heterocycles. The molecule has 20 heavy (non-hydrogen) atoms. The van der Waals surface area contributed by atoms with Crippen molar-refractivity contribution in [1.82, 2.24) is 9.97 Å². The van der Waals surface area contributed by atoms with Crippen LogP contribution in [0, 0.1) is 0 Å². The van der Waals surface area contributed by atoms with Gasteiger partial charge in [0, 0.05) is 17.7 Å². The van der Waals surface area contributed by atoms with Crippen LogP contribution in [0.2, 0.25) is 0 Å². The van der Waals surface area contributed by atoms with Crippen LogP contribution in [-0.2, 0) is 12.8 Å². The Morgan fingerprint density at radius 1 is 0.900 bits per heavy atom. The number of hydrogen-bond donors (Lipinski definition) is 0. The van der Waals surface area contributed by atoms with E-state index in [-0.39, 0.29) is 0 Å². The first-order valence-electron chi connectivity index (χ1n) is 7.86. The Morgan fingerprint density at radius 2 is 1.70 bits per heavy atom. The number of fused-ring (bicyclic) bond motifs is 3. The normalized spacial score (nSPS) is 18.4. The molecule has 0 saturated heterocycles. The van der Waals surface area contributed by atoms with E-state index < -0.39 is 0 Å². The van der Waals surface area contributed by atoms with Gasteiger partial charge in [-0.1, -0.05) is 43.5 Å². The summed E-state index contributed by atoms with van der Waals surface area (Å²) in [5.74, 6) is 1.67. The minimum atomic E-state index is 0.586. The number of nitrogens with zero attached hydrogens (tertiary/aromatic N) is 2. The number of rotatable bonds is 1. The molecule has 1 aromatic heterocycles. The molecular weight excluding hydrogens is 244 g/mol. The predicted molar refractivity (Wildman–Crippen MR) is 80.7 cm³/mol. The average Bonchev–Trinajstić information content (AvgIpc) is 2.55. The SMILES string of the molecule is c1ccc2c(c1)CCc1cnc(C3CCCCC3)nc1-2. The van der Waals surface area contributed by atoms with E-state index in [9.17, 15) is 0 Å². The van der Waals surface area contributed by atoms with Crippen LogP contribution < -0.4 is 0 Å². The maximum atomic E-state index is 4.97. The van der Waals surface area contributed by atoms with E-state index in [1.165, 1.54) is 54.5 Å². The molecule has 0 N–H and O–H groups in total. The lowest BCUT2D eigenvalue weighted by atomic mass is 9.87. The summed E-state index contributed by atoms with van der Waals surface area (Å²) < 4.78 is 0. The van der Waals surface area contributed by atoms with Crippen LogP contribution in [-0.4, -0.2) is 9.97 Å². The van der Waals surface area contributed by atoms with Crippen LogP contribution in [0.4, 0.5) is 0 Å². The van der Waals surface area contributed by atoms with Crippen molar-refractivity contribution in [3.8, 4) is 11.3 Å². The lowest BCUT2D eigenvalue weighted by molar-refractivity contribution is 0.428. The van der Waals surface area contributed by atoms with E-state index in [2.05, 4.69) is 35.4 Å². The van der Waals surface area contributed by atoms with Crippen LogP contribution in [0.5, 0.6) is 0 Å². The smallest absolute Gasteiger partial charge is 0.132 e. The van der Waals surface area contributed by atoms with E-state index in [0.717, 1.165) is 18.7 Å². The third-order valence-corrected chi connectivity index (χ3v) is 4.79. The maximum absolute atomic E-state index is 4.97. The molecule has 0 spiro atoms. The second kappa shape index (κ2) is 5.01. The number of aryl methyl sites for hydroxylation is 2. The molecule has 1 aromatic carbocycles. The third-order valence-electron chi connectivity index (χ3n) is 4.79. The Labute approximate surface area is 120 Å². The van der Waals surface area contributed by atoms with Crippen LogP contribution in [0.1, 0.15) is 55.0 Å². The molecule has 2 aliphatic rings. The first kappa shape index (κ1) is 12.1. The van der Waals surface area contributed by atoms with Crippen LogP contribution in [0.3, 0.4) is 0 Å². The number of aromatic nitrogens is 2. The first-order chi connectivity index (χ1) is 9.92. The summed E-state index contributed by atoms with van der Waals surface area (Å²) in [6.07, 6.45) is 10.9. The molecule has 0 radical (unpaired) electrons. The van der Waals surface area contributed by atoms with Gasteiger partial charge in [-0.2, -0.15) is 0 Å². The fraction of sp³-hybridized carbons (Fsp3) is 0.444. The van der Waals surface area contributed by atoms with Crippen LogP contribution in [0.15, 0.2) is 30.5 Å². The van der Waals surface area contributed by atoms with E-state index in [1.54, 1.807) is 0 Å². The number of benzene rings is 1. The van der Waals surface area contributed by atoms with Gasteiger partial charge in [-0.3, -0.25) is 0 Å². The minimum Gasteiger partial charge on any atom is -0.241 e. The highest BCUT2D eigenvalue weighted by Crippen LogP contribution is 2.35. The second-order valence-electron chi connectivity index (χ2n) is 6.09. The molecule has 0 unspecified atom stereocenters. The van der Waals surface area contributed by atoms with Crippen molar-refractivity contribution in [3.63, 3.8) is 0 Å². The minimum absolute atomic E-state index is 0.586. The monoisotopic (exact) mass is 264 g/mol. The molecular formula is C18H20N2. The third kappa shape index (κ3) is 2.04. The van der Waals surface area contributed by atoms with E-state index in [0.29, 0.717) is 5.92 Å². The van der Waals surface area contributed by atoms with Gasteiger partial charge in [0.25, 0.3) is 0 Å². The molecule has 2 aromatic rings. The lowest BCUT2D eigenvalue weighted by Crippen LogP contribution is -2.13. The summed E-state index contributed by atoms with van der Waals surface area (Å²) in [5.41, 5.74) is 5.28. The highest BCUT2D eigenvalue weighted by molar-refractivity contribution is 5.69. The molecule has 4 rings (SSSR count). The Hall–Kier alpha value is -1.70. The summed E-state index contributed by atoms with van der Waals surface area (Å²) in [6, 6.07) is 8.70. The molecule has 1 saturated carbocycles. The van der Waals surface area contributed by atoms with E-state index in [4.69, 9.17) is 4.98 Å². The zero-order valence-corrected chi connectivity index (χ0v) is 11.8. The Balaban J connectivity index is 1.77. The highest BCUT2D eigenvalue weighted by Gasteiger charge is 2.22. The fourth-order valence-electron chi connectivity index (χ4n) is 3.63. The highest BCUT2D eigenvalue weighted by atomic mass is 14.9. The van der Waals surface area contributed by atoms with Gasteiger partial charge in [0.1, 0.15) is 5.82 Å². The predicted octanol–water partition coefficient (Wildman–Crippen LogP) is 4.29. The van der Waals surface area contributed by atoms with Crippen molar-refractivity contribution < 1.29 is 0 Å². The fourth-order valence-corrected chi connectivity index (χ4v) is 3.63. The van der Waals surface area contributed by atoms with Crippen LogP contribution in [0.25, 0.3) is 11.3 Å². The lowest BCUT2D eigenvalue weighted by Gasteiger charge is -2.23. The van der Waals surface area contributed by atoms with Crippen molar-refractivity contribution in [1.29, 1.82) is 0 Å². The molecule has 0 atom stereocenters. The van der Waals surface area contributed by atoms with E-state index in [1.807, 2.05) is 0 Å². The average molecular weight is 264 g/mol. The van der Waals surface area contributed by atoms with Crippen molar-refractivity contribution in [2.75, 3.05) is 0 Å². The van der Waals surface area contributed by atoms with Gasteiger partial charge < -0.3 is 0 Å². The van der Waals surface area contributed by atoms with E-state index >= 15 is 0 Å². The van der Waals surface area contributed by atoms with Crippen molar-refractivity contribution >= 4 is 0 Å². The van der Waals surface area contributed by atoms with Gasteiger partial charge >= 0.3 is 0 Å². The second-order valence-corrected chi connectivity index (χ2v) is 6.09. The largest absolute Gasteiger partial charge is 0.241 e. The maximum Gasteiger partial charge on any atom is 0.132 e. The quantitative estimate of drug-likeness (QED) is 0.768. The summed E-state index contributed by atoms with van der Waals surface area (Å²) in [7, 11) is 0. The molecule has 0 aliphatic heterocycles. The van der Waals surface area contributed by atoms with Gasteiger partial charge in [-0.15, -0.1) is 0 Å². The Morgan fingerprint density at radius 3 is 2.60 bits per heavy atom. The zero-order valence-electron chi connectivity index (χ0n) is 11.8. The first-order valence-corrected chi connectivity index (χ1v) is 7.86. The van der Waals surface area contributed by atoms with Crippen molar-refractivity contribution in [2.24, 2.45) is 0 Å². The molecule has 102 valence electrons. The van der Waals surface area contributed by atoms with Crippen molar-refractivity contribution in [2.45, 2.75) is 50.9 Å². The standard InChI is InChI=1S/C18H20N2/c1-2-7-14(8-3-1)18-19-12-15-11-10-13-6-4-5-9-16(13)17(15)20-18/h4-6,9,12,14H,1-3,7-8,10-11H2. The van der Waals surface area contributed by atoms with Gasteiger partial charge in [-0.05, 0) is 36.8 Å². The van der Waals surface area contributed by atoms with Crippen molar-refractivity contribution in [3.05, 3.63) is 47.4 Å². The van der Waals surface area contributed by atoms with Gasteiger partial charge in [0.05, 0.1) is 5.69 Å². The summed E-state index contributed by atoms with van der Waals surface area (Å²) in [5, 5.41) is 0. The molecule has 1 fully saturated rings. The molecule has 0 amide bonds. The summed E-state index contributed by atoms with van der Waals surface area (Å²) in [6.45, 7) is 0. The topological polar surface area (TPSA) is 25.8 Å². The molecule has 2 nitrogen and oxygen atoms in total. The van der Waals surface area contributed by atoms with Gasteiger partial charge in [-0.25, -0.2) is 9.97 Å². The van der Waals surface area contributed by atoms with Gasteiger partial charge in [0.15, 0.2) is 0 Å². The number of hydrogen-bond acceptors (Lipinski definition) is 2. The summed E-state index contributed by atoms with van der Waals surface area (Å²) in [4.78, 5) is 9.64. The van der Waals surface area contributed by atoms with Gasteiger partial charge in [0.2, 0.25) is 0 Å². The Bertz CT molecular complexity index is 627. The Kier molecular flexibility index (Phi) is 3.02. The summed E-state index contributed by atoms with van der Waals surface area (Å²) >= 11 is 0. The molecule has 2 heteroatoms. The molecule has 0 bridgehead atoms. The zero-order chi connectivity index (χ0) is 13.4. The van der Waals surface area contributed by atoms with Crippen LogP contribution >= 0.6 is 0 Å². The molecule has 2 aliphatic carbocycles.